The van der Waals surface area contributed by atoms with Crippen LogP contribution in [-0.2, 0) is 9.59 Å². The molecular weight excluding hydrogens is 230 g/mol. The number of benzene rings is 1. The molecule has 4 heteroatoms. The van der Waals surface area contributed by atoms with Gasteiger partial charge in [0.25, 0.3) is 0 Å². The molecule has 1 unspecified atom stereocenters. The van der Waals surface area contributed by atoms with Crippen LogP contribution >= 0.6 is 0 Å². The van der Waals surface area contributed by atoms with Crippen molar-refractivity contribution in [3.8, 4) is 0 Å². The molecular formula is C14H19NO3. The lowest BCUT2D eigenvalue weighted by atomic mass is 9.96. The van der Waals surface area contributed by atoms with Crippen molar-refractivity contribution in [2.24, 2.45) is 0 Å². The molecule has 0 aliphatic heterocycles. The van der Waals surface area contributed by atoms with Gasteiger partial charge in [0.15, 0.2) is 0 Å². The number of carboxylic acid groups (broad SMARTS) is 1. The topological polar surface area (TPSA) is 66.4 Å². The molecule has 0 fully saturated rings. The molecule has 1 rings (SSSR count). The lowest BCUT2D eigenvalue weighted by molar-refractivity contribution is -0.138. The molecule has 1 aromatic carbocycles. The monoisotopic (exact) mass is 249 g/mol. The minimum absolute atomic E-state index is 0.0422. The molecule has 0 aromatic heterocycles. The smallest absolute Gasteiger partial charge is 0.303 e. The van der Waals surface area contributed by atoms with Crippen molar-refractivity contribution in [1.29, 1.82) is 0 Å². The second-order valence-corrected chi connectivity index (χ2v) is 4.21. The Morgan fingerprint density at radius 3 is 2.44 bits per heavy atom. The molecule has 4 nitrogen and oxygen atoms in total. The highest BCUT2D eigenvalue weighted by Gasteiger charge is 2.11. The SMILES string of the molecule is CCC(CNC(=O)CCC(=O)O)c1ccccc1. The predicted octanol–water partition coefficient (Wildman–Crippen LogP) is 2.16. The average Bonchev–Trinajstić information content (AvgIpc) is 2.38. The van der Waals surface area contributed by atoms with Gasteiger partial charge in [0.2, 0.25) is 5.91 Å². The van der Waals surface area contributed by atoms with Gasteiger partial charge in [-0.05, 0) is 12.0 Å². The van der Waals surface area contributed by atoms with Gasteiger partial charge in [-0.3, -0.25) is 9.59 Å². The Morgan fingerprint density at radius 2 is 1.89 bits per heavy atom. The molecule has 0 saturated heterocycles. The number of aliphatic carboxylic acids is 1. The van der Waals surface area contributed by atoms with Crippen LogP contribution in [0.15, 0.2) is 30.3 Å². The molecule has 0 bridgehead atoms. The third kappa shape index (κ3) is 4.99. The van der Waals surface area contributed by atoms with Crippen LogP contribution in [0.3, 0.4) is 0 Å². The maximum Gasteiger partial charge on any atom is 0.303 e. The molecule has 1 atom stereocenters. The van der Waals surface area contributed by atoms with Crippen LogP contribution in [0.5, 0.6) is 0 Å². The maximum atomic E-state index is 11.4. The zero-order valence-electron chi connectivity index (χ0n) is 10.6. The summed E-state index contributed by atoms with van der Waals surface area (Å²) >= 11 is 0. The summed E-state index contributed by atoms with van der Waals surface area (Å²) < 4.78 is 0. The third-order valence-corrected chi connectivity index (χ3v) is 2.88. The number of hydrogen-bond acceptors (Lipinski definition) is 2. The Balaban J connectivity index is 2.41. The van der Waals surface area contributed by atoms with E-state index < -0.39 is 5.97 Å². The van der Waals surface area contributed by atoms with E-state index in [4.69, 9.17) is 5.11 Å². The zero-order valence-corrected chi connectivity index (χ0v) is 10.6. The summed E-state index contributed by atoms with van der Waals surface area (Å²) in [5.41, 5.74) is 1.19. The predicted molar refractivity (Wildman–Crippen MR) is 69.4 cm³/mol. The van der Waals surface area contributed by atoms with Crippen LogP contribution in [0.1, 0.15) is 37.7 Å². The molecule has 98 valence electrons. The normalized spacial score (nSPS) is 11.8. The Hall–Kier alpha value is -1.84. The summed E-state index contributed by atoms with van der Waals surface area (Å²) in [7, 11) is 0. The van der Waals surface area contributed by atoms with Crippen molar-refractivity contribution in [3.63, 3.8) is 0 Å². The summed E-state index contributed by atoms with van der Waals surface area (Å²) in [6.45, 7) is 2.63. The maximum absolute atomic E-state index is 11.4. The number of carbonyl (C=O) groups is 2. The Kier molecular flexibility index (Phi) is 5.91. The fourth-order valence-electron chi connectivity index (χ4n) is 1.77. The van der Waals surface area contributed by atoms with E-state index >= 15 is 0 Å². The Morgan fingerprint density at radius 1 is 1.22 bits per heavy atom. The molecule has 0 radical (unpaired) electrons. The van der Waals surface area contributed by atoms with E-state index in [0.717, 1.165) is 6.42 Å². The number of nitrogens with one attached hydrogen (secondary N) is 1. The van der Waals surface area contributed by atoms with Gasteiger partial charge in [-0.25, -0.2) is 0 Å². The first-order chi connectivity index (χ1) is 8.63. The lowest BCUT2D eigenvalue weighted by Gasteiger charge is -2.16. The number of carbonyl (C=O) groups excluding carboxylic acids is 1. The molecule has 0 aliphatic carbocycles. The quantitative estimate of drug-likeness (QED) is 0.778. The van der Waals surface area contributed by atoms with Gasteiger partial charge < -0.3 is 10.4 Å². The third-order valence-electron chi connectivity index (χ3n) is 2.88. The van der Waals surface area contributed by atoms with E-state index in [1.54, 1.807) is 0 Å². The molecule has 2 N–H and O–H groups in total. The van der Waals surface area contributed by atoms with E-state index in [1.807, 2.05) is 30.3 Å². The van der Waals surface area contributed by atoms with Crippen LogP contribution in [0.4, 0.5) is 0 Å². The minimum Gasteiger partial charge on any atom is -0.481 e. The van der Waals surface area contributed by atoms with Crippen molar-refractivity contribution in [1.82, 2.24) is 5.32 Å². The lowest BCUT2D eigenvalue weighted by Crippen LogP contribution is -2.28. The highest BCUT2D eigenvalue weighted by atomic mass is 16.4. The fourth-order valence-corrected chi connectivity index (χ4v) is 1.77. The first-order valence-corrected chi connectivity index (χ1v) is 6.17. The van der Waals surface area contributed by atoms with E-state index in [1.165, 1.54) is 5.56 Å². The van der Waals surface area contributed by atoms with Gasteiger partial charge in [0.05, 0.1) is 6.42 Å². The number of amides is 1. The summed E-state index contributed by atoms with van der Waals surface area (Å²) in [4.78, 5) is 21.8. The standard InChI is InChI=1S/C14H19NO3/c1-2-11(12-6-4-3-5-7-12)10-15-13(16)8-9-14(17)18/h3-7,11H,2,8-10H2,1H3,(H,15,16)(H,17,18). The van der Waals surface area contributed by atoms with Crippen LogP contribution in [0.2, 0.25) is 0 Å². The number of rotatable bonds is 7. The first-order valence-electron chi connectivity index (χ1n) is 6.17. The van der Waals surface area contributed by atoms with Crippen molar-refractivity contribution in [2.75, 3.05) is 6.54 Å². The largest absolute Gasteiger partial charge is 0.481 e. The molecule has 0 heterocycles. The van der Waals surface area contributed by atoms with E-state index in [0.29, 0.717) is 6.54 Å². The average molecular weight is 249 g/mol. The van der Waals surface area contributed by atoms with Gasteiger partial charge in [-0.2, -0.15) is 0 Å². The van der Waals surface area contributed by atoms with Crippen LogP contribution < -0.4 is 5.32 Å². The second kappa shape index (κ2) is 7.48. The fraction of sp³-hybridized carbons (Fsp3) is 0.429. The van der Waals surface area contributed by atoms with E-state index in [9.17, 15) is 9.59 Å². The molecule has 0 saturated carbocycles. The minimum atomic E-state index is -0.944. The highest BCUT2D eigenvalue weighted by Crippen LogP contribution is 2.17. The molecule has 1 amide bonds. The molecule has 0 spiro atoms. The summed E-state index contributed by atoms with van der Waals surface area (Å²) in [5.74, 6) is -0.869. The van der Waals surface area contributed by atoms with E-state index in [2.05, 4.69) is 12.2 Å². The van der Waals surface area contributed by atoms with Gasteiger partial charge in [0, 0.05) is 18.9 Å². The molecule has 1 aromatic rings. The van der Waals surface area contributed by atoms with Crippen molar-refractivity contribution in [3.05, 3.63) is 35.9 Å². The highest BCUT2D eigenvalue weighted by molar-refractivity contribution is 5.80. The van der Waals surface area contributed by atoms with Gasteiger partial charge in [-0.15, -0.1) is 0 Å². The van der Waals surface area contributed by atoms with Crippen LogP contribution in [0.25, 0.3) is 0 Å². The van der Waals surface area contributed by atoms with Crippen LogP contribution in [0, 0.1) is 0 Å². The van der Waals surface area contributed by atoms with Crippen molar-refractivity contribution >= 4 is 11.9 Å². The molecule has 0 aliphatic rings. The Bertz CT molecular complexity index is 389. The first kappa shape index (κ1) is 14.2. The summed E-state index contributed by atoms with van der Waals surface area (Å²) in [5, 5.41) is 11.3. The zero-order chi connectivity index (χ0) is 13.4. The van der Waals surface area contributed by atoms with Gasteiger partial charge in [-0.1, -0.05) is 37.3 Å². The van der Waals surface area contributed by atoms with E-state index in [-0.39, 0.29) is 24.7 Å². The summed E-state index contributed by atoms with van der Waals surface area (Å²) in [6.07, 6.45) is 0.859. The second-order valence-electron chi connectivity index (χ2n) is 4.21. The number of carboxylic acids is 1. The Labute approximate surface area is 107 Å². The van der Waals surface area contributed by atoms with Crippen molar-refractivity contribution < 1.29 is 14.7 Å². The molecule has 18 heavy (non-hydrogen) atoms. The van der Waals surface area contributed by atoms with Crippen molar-refractivity contribution in [2.45, 2.75) is 32.1 Å². The van der Waals surface area contributed by atoms with Gasteiger partial charge in [0.1, 0.15) is 0 Å². The van der Waals surface area contributed by atoms with Crippen LogP contribution in [-0.4, -0.2) is 23.5 Å². The summed E-state index contributed by atoms with van der Waals surface area (Å²) in [6, 6.07) is 9.99. The number of hydrogen-bond donors (Lipinski definition) is 2. The van der Waals surface area contributed by atoms with Gasteiger partial charge >= 0.3 is 5.97 Å².